The summed E-state index contributed by atoms with van der Waals surface area (Å²) in [5.74, 6) is 1.89. The maximum absolute atomic E-state index is 9.89. The van der Waals surface area contributed by atoms with Crippen LogP contribution in [-0.2, 0) is 6.54 Å². The minimum atomic E-state index is -0.109. The summed E-state index contributed by atoms with van der Waals surface area (Å²) in [5.41, 5.74) is 0.907. The lowest BCUT2D eigenvalue weighted by Crippen LogP contribution is -2.25. The number of aromatic nitrogens is 2. The van der Waals surface area contributed by atoms with Gasteiger partial charge in [0.25, 0.3) is 0 Å². The van der Waals surface area contributed by atoms with E-state index < -0.39 is 0 Å². The Kier molecular flexibility index (Phi) is 3.26. The van der Waals surface area contributed by atoms with Crippen molar-refractivity contribution in [3.63, 3.8) is 0 Å². The van der Waals surface area contributed by atoms with Crippen molar-refractivity contribution in [2.75, 3.05) is 13.1 Å². The smallest absolute Gasteiger partial charge is 0.144 e. The summed E-state index contributed by atoms with van der Waals surface area (Å²) in [6.45, 7) is 4.68. The quantitative estimate of drug-likeness (QED) is 0.828. The zero-order chi connectivity index (χ0) is 12.7. The highest BCUT2D eigenvalue weighted by Crippen LogP contribution is 2.38. The molecule has 1 aromatic rings. The number of hydrogen-bond donors (Lipinski definition) is 1. The number of aryl methyl sites for hydroxylation is 1. The third-order valence-corrected chi connectivity index (χ3v) is 4.32. The second-order valence-corrected chi connectivity index (χ2v) is 5.90. The number of halogens is 1. The summed E-state index contributed by atoms with van der Waals surface area (Å²) in [6.07, 6.45) is 2.01. The van der Waals surface area contributed by atoms with Crippen LogP contribution in [0.25, 0.3) is 0 Å². The number of nitrogens with zero attached hydrogens (tertiary/aromatic N) is 3. The third kappa shape index (κ3) is 2.37. The van der Waals surface area contributed by atoms with Crippen LogP contribution in [0.15, 0.2) is 6.07 Å². The Morgan fingerprint density at radius 3 is 2.94 bits per heavy atom. The number of fused-ring (bicyclic) bond motifs is 1. The second kappa shape index (κ2) is 4.76. The van der Waals surface area contributed by atoms with Crippen molar-refractivity contribution in [3.05, 3.63) is 22.7 Å². The molecular weight excluding hydrogens is 250 g/mol. The van der Waals surface area contributed by atoms with Crippen LogP contribution in [0.3, 0.4) is 0 Å². The predicted molar refractivity (Wildman–Crippen MR) is 69.3 cm³/mol. The average Bonchev–Trinajstić information content (AvgIpc) is 2.80. The minimum Gasteiger partial charge on any atom is -0.393 e. The van der Waals surface area contributed by atoms with Crippen molar-refractivity contribution in [1.82, 2.24) is 14.9 Å². The fraction of sp³-hybridized carbons (Fsp3) is 0.692. The highest BCUT2D eigenvalue weighted by molar-refractivity contribution is 6.29. The van der Waals surface area contributed by atoms with Gasteiger partial charge in [-0.15, -0.1) is 0 Å². The first-order valence-corrected chi connectivity index (χ1v) is 6.90. The number of hydrogen-bond acceptors (Lipinski definition) is 4. The first kappa shape index (κ1) is 12.3. The molecule has 3 unspecified atom stereocenters. The van der Waals surface area contributed by atoms with E-state index >= 15 is 0 Å². The van der Waals surface area contributed by atoms with Gasteiger partial charge < -0.3 is 5.11 Å². The lowest BCUT2D eigenvalue weighted by atomic mass is 10.00. The maximum Gasteiger partial charge on any atom is 0.144 e. The summed E-state index contributed by atoms with van der Waals surface area (Å²) >= 11 is 5.94. The molecule has 0 amide bonds. The third-order valence-electron chi connectivity index (χ3n) is 4.13. The molecule has 0 bridgehead atoms. The standard InChI is InChI=1S/C13H18ClN3O/c1-8-4-12(14)16-13(15-8)7-17-5-9-2-3-11(18)10(9)6-17/h4,9-11,18H,2-3,5-7H2,1H3. The van der Waals surface area contributed by atoms with Gasteiger partial charge in [-0.2, -0.15) is 0 Å². The largest absolute Gasteiger partial charge is 0.393 e. The number of rotatable bonds is 2. The van der Waals surface area contributed by atoms with Crippen molar-refractivity contribution < 1.29 is 5.11 Å². The molecule has 5 heteroatoms. The van der Waals surface area contributed by atoms with Crippen LogP contribution >= 0.6 is 11.6 Å². The lowest BCUT2D eigenvalue weighted by Gasteiger charge is -2.17. The van der Waals surface area contributed by atoms with Crippen LogP contribution in [0.5, 0.6) is 0 Å². The van der Waals surface area contributed by atoms with E-state index in [-0.39, 0.29) is 6.10 Å². The van der Waals surface area contributed by atoms with Gasteiger partial charge in [-0.1, -0.05) is 11.6 Å². The SMILES string of the molecule is Cc1cc(Cl)nc(CN2CC3CCC(O)C3C2)n1. The molecule has 98 valence electrons. The molecule has 18 heavy (non-hydrogen) atoms. The molecular formula is C13H18ClN3O. The van der Waals surface area contributed by atoms with Crippen molar-refractivity contribution in [2.24, 2.45) is 11.8 Å². The van der Waals surface area contributed by atoms with E-state index in [0.717, 1.165) is 44.0 Å². The van der Waals surface area contributed by atoms with E-state index in [2.05, 4.69) is 14.9 Å². The van der Waals surface area contributed by atoms with Gasteiger partial charge in [-0.3, -0.25) is 4.90 Å². The summed E-state index contributed by atoms with van der Waals surface area (Å²) in [5, 5.41) is 10.4. The van der Waals surface area contributed by atoms with Crippen LogP contribution in [0.2, 0.25) is 5.15 Å². The van der Waals surface area contributed by atoms with E-state index in [0.29, 0.717) is 17.0 Å². The zero-order valence-electron chi connectivity index (χ0n) is 10.5. The molecule has 0 radical (unpaired) electrons. The van der Waals surface area contributed by atoms with E-state index in [1.807, 2.05) is 6.92 Å². The van der Waals surface area contributed by atoms with Crippen LogP contribution in [0.1, 0.15) is 24.4 Å². The van der Waals surface area contributed by atoms with Gasteiger partial charge in [-0.25, -0.2) is 9.97 Å². The molecule has 1 saturated carbocycles. The molecule has 2 aliphatic rings. The van der Waals surface area contributed by atoms with E-state index in [1.165, 1.54) is 0 Å². The van der Waals surface area contributed by atoms with Crippen LogP contribution in [0, 0.1) is 18.8 Å². The van der Waals surface area contributed by atoms with Crippen molar-refractivity contribution >= 4 is 11.6 Å². The first-order chi connectivity index (χ1) is 8.61. The van der Waals surface area contributed by atoms with Gasteiger partial charge >= 0.3 is 0 Å². The molecule has 3 atom stereocenters. The lowest BCUT2D eigenvalue weighted by molar-refractivity contribution is 0.123. The fourth-order valence-electron chi connectivity index (χ4n) is 3.32. The van der Waals surface area contributed by atoms with E-state index in [4.69, 9.17) is 11.6 Å². The first-order valence-electron chi connectivity index (χ1n) is 6.52. The molecule has 3 rings (SSSR count). The number of aliphatic hydroxyl groups is 1. The summed E-state index contributed by atoms with van der Waals surface area (Å²) in [4.78, 5) is 11.0. The Balaban J connectivity index is 1.67. The Morgan fingerprint density at radius 1 is 1.39 bits per heavy atom. The molecule has 2 heterocycles. The second-order valence-electron chi connectivity index (χ2n) is 5.51. The normalized spacial score (nSPS) is 31.8. The Hall–Kier alpha value is -0.710. The van der Waals surface area contributed by atoms with Crippen molar-refractivity contribution in [3.8, 4) is 0 Å². The number of likely N-dealkylation sites (tertiary alicyclic amines) is 1. The van der Waals surface area contributed by atoms with E-state index in [1.54, 1.807) is 6.07 Å². The van der Waals surface area contributed by atoms with Crippen LogP contribution in [0.4, 0.5) is 0 Å². The predicted octanol–water partition coefficient (Wildman–Crippen LogP) is 1.64. The van der Waals surface area contributed by atoms with Gasteiger partial charge in [0.05, 0.1) is 12.6 Å². The molecule has 4 nitrogen and oxygen atoms in total. The van der Waals surface area contributed by atoms with Crippen LogP contribution < -0.4 is 0 Å². The van der Waals surface area contributed by atoms with Gasteiger partial charge in [-0.05, 0) is 31.7 Å². The van der Waals surface area contributed by atoms with Gasteiger partial charge in [0.15, 0.2) is 0 Å². The van der Waals surface area contributed by atoms with E-state index in [9.17, 15) is 5.11 Å². The molecule has 1 N–H and O–H groups in total. The molecule has 1 aliphatic carbocycles. The minimum absolute atomic E-state index is 0.109. The molecule has 0 spiro atoms. The Morgan fingerprint density at radius 2 is 2.22 bits per heavy atom. The summed E-state index contributed by atoms with van der Waals surface area (Å²) in [6, 6.07) is 1.77. The molecule has 1 aromatic heterocycles. The summed E-state index contributed by atoms with van der Waals surface area (Å²) in [7, 11) is 0. The monoisotopic (exact) mass is 267 g/mol. The summed E-state index contributed by atoms with van der Waals surface area (Å²) < 4.78 is 0. The van der Waals surface area contributed by atoms with Crippen LogP contribution in [-0.4, -0.2) is 39.2 Å². The highest BCUT2D eigenvalue weighted by atomic mass is 35.5. The highest BCUT2D eigenvalue weighted by Gasteiger charge is 2.41. The Labute approximate surface area is 112 Å². The number of aliphatic hydroxyl groups excluding tert-OH is 1. The maximum atomic E-state index is 9.89. The molecule has 1 saturated heterocycles. The Bertz CT molecular complexity index is 434. The molecule has 0 aromatic carbocycles. The average molecular weight is 268 g/mol. The van der Waals surface area contributed by atoms with Crippen molar-refractivity contribution in [1.29, 1.82) is 0 Å². The molecule has 1 aliphatic heterocycles. The van der Waals surface area contributed by atoms with Gasteiger partial charge in [0.2, 0.25) is 0 Å². The van der Waals surface area contributed by atoms with Crippen molar-refractivity contribution in [2.45, 2.75) is 32.4 Å². The van der Waals surface area contributed by atoms with Gasteiger partial charge in [0, 0.05) is 24.7 Å². The fourth-order valence-corrected chi connectivity index (χ4v) is 3.57. The van der Waals surface area contributed by atoms with Gasteiger partial charge in [0.1, 0.15) is 11.0 Å². The zero-order valence-corrected chi connectivity index (χ0v) is 11.3. The molecule has 2 fully saturated rings. The topological polar surface area (TPSA) is 49.2 Å².